The molecule has 1 unspecified atom stereocenters. The molecule has 1 fully saturated rings. The first kappa shape index (κ1) is 24.8. The number of anilines is 1. The fourth-order valence-electron chi connectivity index (χ4n) is 5.06. The summed E-state index contributed by atoms with van der Waals surface area (Å²) in [4.78, 5) is 20.4. The Hall–Kier alpha value is -2.31. The van der Waals surface area contributed by atoms with Crippen molar-refractivity contribution in [1.29, 1.82) is 0 Å². The van der Waals surface area contributed by atoms with Crippen LogP contribution in [0.25, 0.3) is 4.85 Å². The van der Waals surface area contributed by atoms with Gasteiger partial charge in [0.15, 0.2) is 11.3 Å². The number of benzene rings is 2. The number of hydrogen-bond donors (Lipinski definition) is 1. The Bertz CT molecular complexity index is 1190. The van der Waals surface area contributed by atoms with Crippen molar-refractivity contribution in [2.24, 2.45) is 0 Å². The molecule has 0 spiro atoms. The van der Waals surface area contributed by atoms with Crippen LogP contribution in [0.1, 0.15) is 43.4 Å². The van der Waals surface area contributed by atoms with E-state index in [1.807, 2.05) is 13.8 Å². The molecule has 2 aromatic rings. The molecule has 1 amide bonds. The summed E-state index contributed by atoms with van der Waals surface area (Å²) in [7, 11) is 0. The number of halogens is 5. The Morgan fingerprint density at radius 2 is 1.85 bits per heavy atom. The summed E-state index contributed by atoms with van der Waals surface area (Å²) in [6.07, 6.45) is -3.83. The van der Waals surface area contributed by atoms with Crippen molar-refractivity contribution in [3.63, 3.8) is 0 Å². The minimum absolute atomic E-state index is 0.109. The minimum Gasteiger partial charge on any atom is -0.372 e. The lowest BCUT2D eigenvalue weighted by Crippen LogP contribution is -2.56. The average Bonchev–Trinajstić information content (AvgIpc) is 2.96. The molecule has 0 radical (unpaired) electrons. The molecule has 4 rings (SSSR count). The molecule has 1 N–H and O–H groups in total. The lowest BCUT2D eigenvalue weighted by atomic mass is 9.83. The fraction of sp³-hybridized carbons (Fsp3) is 0.417. The van der Waals surface area contributed by atoms with Gasteiger partial charge in [-0.25, -0.2) is 4.85 Å². The summed E-state index contributed by atoms with van der Waals surface area (Å²) in [5, 5.41) is 11.8. The van der Waals surface area contributed by atoms with E-state index in [0.717, 1.165) is 13.1 Å². The summed E-state index contributed by atoms with van der Waals surface area (Å²) in [6.45, 7) is 13.0. The van der Waals surface area contributed by atoms with Crippen LogP contribution in [0.3, 0.4) is 0 Å². The fourth-order valence-corrected chi connectivity index (χ4v) is 5.61. The lowest BCUT2D eigenvalue weighted by molar-refractivity contribution is -0.142. The Labute approximate surface area is 205 Å². The standard InChI is InChI=1S/C24H22Cl2F3N3O2/c1-4-31(5-2)15-11-16(12-15)32-20-10-14(30-3)9-18(24(27,28)29)21(20)23(34,22(32)33)17-7-6-13(25)8-19(17)26/h6-10,15-16,34H,4-5,11-12H2,1-2H3. The van der Waals surface area contributed by atoms with Crippen LogP contribution in [-0.4, -0.2) is 41.1 Å². The molecule has 0 aromatic heterocycles. The average molecular weight is 512 g/mol. The van der Waals surface area contributed by atoms with Gasteiger partial charge in [0.2, 0.25) is 0 Å². The minimum atomic E-state index is -4.92. The van der Waals surface area contributed by atoms with E-state index >= 15 is 0 Å². The van der Waals surface area contributed by atoms with Crippen molar-refractivity contribution in [2.45, 2.75) is 50.6 Å². The van der Waals surface area contributed by atoms with Gasteiger partial charge in [0, 0.05) is 38.9 Å². The third-order valence-electron chi connectivity index (χ3n) is 6.79. The third-order valence-corrected chi connectivity index (χ3v) is 7.34. The molecule has 2 aromatic carbocycles. The van der Waals surface area contributed by atoms with Gasteiger partial charge < -0.3 is 14.9 Å². The van der Waals surface area contributed by atoms with Crippen LogP contribution in [0, 0.1) is 6.57 Å². The lowest BCUT2D eigenvalue weighted by Gasteiger charge is -2.46. The van der Waals surface area contributed by atoms with Gasteiger partial charge in [0.1, 0.15) is 0 Å². The van der Waals surface area contributed by atoms with Gasteiger partial charge in [-0.2, -0.15) is 13.2 Å². The summed E-state index contributed by atoms with van der Waals surface area (Å²) in [5.74, 6) is -0.914. The molecule has 1 heterocycles. The molecule has 180 valence electrons. The Morgan fingerprint density at radius 1 is 1.21 bits per heavy atom. The number of hydrogen-bond acceptors (Lipinski definition) is 3. The second kappa shape index (κ2) is 8.72. The highest BCUT2D eigenvalue weighted by Crippen LogP contribution is 2.54. The number of carbonyl (C=O) groups excluding carboxylic acids is 1. The molecule has 2 aliphatic rings. The molecule has 5 nitrogen and oxygen atoms in total. The molecule has 1 aliphatic carbocycles. The van der Waals surface area contributed by atoms with Crippen LogP contribution in [0.15, 0.2) is 30.3 Å². The Kier molecular flexibility index (Phi) is 6.36. The van der Waals surface area contributed by atoms with Gasteiger partial charge in [-0.05, 0) is 50.2 Å². The number of rotatable bonds is 5. The quantitative estimate of drug-likeness (QED) is 0.499. The SMILES string of the molecule is [C-]#[N+]c1cc2c(c(C(F)(F)F)c1)C(O)(c1ccc(Cl)cc1Cl)C(=O)N2C1CC(N(CC)CC)C1. The zero-order valence-electron chi connectivity index (χ0n) is 18.5. The van der Waals surface area contributed by atoms with Crippen LogP contribution in [0.4, 0.5) is 24.5 Å². The number of nitrogens with zero attached hydrogens (tertiary/aromatic N) is 3. The van der Waals surface area contributed by atoms with Crippen LogP contribution in [0.2, 0.25) is 10.0 Å². The van der Waals surface area contributed by atoms with Gasteiger partial charge in [0.05, 0.1) is 12.1 Å². The van der Waals surface area contributed by atoms with E-state index in [9.17, 15) is 23.1 Å². The van der Waals surface area contributed by atoms with Crippen molar-refractivity contribution >= 4 is 40.5 Å². The summed E-state index contributed by atoms with van der Waals surface area (Å²) >= 11 is 12.2. The largest absolute Gasteiger partial charge is 0.415 e. The van der Waals surface area contributed by atoms with E-state index in [1.54, 1.807) is 0 Å². The smallest absolute Gasteiger partial charge is 0.372 e. The number of carbonyl (C=O) groups is 1. The van der Waals surface area contributed by atoms with Crippen LogP contribution in [0.5, 0.6) is 0 Å². The predicted octanol–water partition coefficient (Wildman–Crippen LogP) is 6.02. The van der Waals surface area contributed by atoms with E-state index in [4.69, 9.17) is 29.8 Å². The van der Waals surface area contributed by atoms with Crippen LogP contribution >= 0.6 is 23.2 Å². The van der Waals surface area contributed by atoms with Gasteiger partial charge in [-0.3, -0.25) is 4.79 Å². The molecule has 1 atom stereocenters. The van der Waals surface area contributed by atoms with E-state index < -0.39 is 34.9 Å². The van der Waals surface area contributed by atoms with E-state index in [2.05, 4.69) is 9.74 Å². The van der Waals surface area contributed by atoms with E-state index in [1.165, 1.54) is 29.2 Å². The van der Waals surface area contributed by atoms with Crippen molar-refractivity contribution < 1.29 is 23.1 Å². The van der Waals surface area contributed by atoms with Gasteiger partial charge in [-0.15, -0.1) is 0 Å². The molecular weight excluding hydrogens is 490 g/mol. The first-order valence-corrected chi connectivity index (χ1v) is 11.6. The maximum Gasteiger partial charge on any atom is 0.415 e. The highest BCUT2D eigenvalue weighted by atomic mass is 35.5. The summed E-state index contributed by atoms with van der Waals surface area (Å²) in [6, 6.07) is 5.55. The second-order valence-electron chi connectivity index (χ2n) is 8.51. The first-order chi connectivity index (χ1) is 16.0. The Morgan fingerprint density at radius 3 is 2.38 bits per heavy atom. The molecule has 0 bridgehead atoms. The maximum atomic E-state index is 14.2. The van der Waals surface area contributed by atoms with Crippen LogP contribution in [-0.2, 0) is 16.6 Å². The molecule has 1 aliphatic heterocycles. The molecule has 34 heavy (non-hydrogen) atoms. The monoisotopic (exact) mass is 511 g/mol. The van der Waals surface area contributed by atoms with Gasteiger partial charge in [0.25, 0.3) is 5.91 Å². The topological polar surface area (TPSA) is 48.1 Å². The maximum absolute atomic E-state index is 14.2. The molecular formula is C24H22Cl2F3N3O2. The summed E-state index contributed by atoms with van der Waals surface area (Å²) in [5.41, 5.74) is -5.08. The van der Waals surface area contributed by atoms with Crippen molar-refractivity contribution in [3.8, 4) is 0 Å². The highest BCUT2D eigenvalue weighted by Gasteiger charge is 2.59. The Balaban J connectivity index is 1.92. The van der Waals surface area contributed by atoms with Gasteiger partial charge in [-0.1, -0.05) is 43.1 Å². The summed E-state index contributed by atoms with van der Waals surface area (Å²) < 4.78 is 42.6. The number of aliphatic hydroxyl groups is 1. The number of fused-ring (bicyclic) bond motifs is 1. The third kappa shape index (κ3) is 3.75. The normalized spacial score (nSPS) is 24.2. The number of amides is 1. The zero-order valence-corrected chi connectivity index (χ0v) is 20.0. The van der Waals surface area contributed by atoms with Crippen LogP contribution < -0.4 is 4.90 Å². The second-order valence-corrected chi connectivity index (χ2v) is 9.35. The van der Waals surface area contributed by atoms with E-state index in [0.29, 0.717) is 18.9 Å². The predicted molar refractivity (Wildman–Crippen MR) is 124 cm³/mol. The number of alkyl halides is 3. The van der Waals surface area contributed by atoms with Crippen molar-refractivity contribution in [3.05, 3.63) is 68.5 Å². The zero-order chi connectivity index (χ0) is 25.0. The highest BCUT2D eigenvalue weighted by molar-refractivity contribution is 6.35. The van der Waals surface area contributed by atoms with Crippen molar-refractivity contribution in [2.75, 3.05) is 18.0 Å². The molecule has 1 saturated carbocycles. The molecule has 10 heteroatoms. The molecule has 0 saturated heterocycles. The van der Waals surface area contributed by atoms with Crippen molar-refractivity contribution in [1.82, 2.24) is 4.90 Å². The van der Waals surface area contributed by atoms with Gasteiger partial charge >= 0.3 is 6.18 Å². The van der Waals surface area contributed by atoms with E-state index in [-0.39, 0.29) is 33.0 Å². The first-order valence-electron chi connectivity index (χ1n) is 10.9.